The van der Waals surface area contributed by atoms with E-state index in [1.54, 1.807) is 0 Å². The van der Waals surface area contributed by atoms with E-state index < -0.39 is 0 Å². The molecule has 1 aromatic rings. The van der Waals surface area contributed by atoms with Gasteiger partial charge in [0.15, 0.2) is 5.76 Å². The maximum Gasteiger partial charge on any atom is 0.163 e. The summed E-state index contributed by atoms with van der Waals surface area (Å²) in [4.78, 5) is 0. The molecule has 0 aromatic carbocycles. The summed E-state index contributed by atoms with van der Waals surface area (Å²) in [6.45, 7) is 8.33. The van der Waals surface area contributed by atoms with E-state index in [2.05, 4.69) is 38.1 Å². The third-order valence-corrected chi connectivity index (χ3v) is 1.61. The Balaban J connectivity index is 2.96. The predicted molar refractivity (Wildman–Crippen MR) is 42.5 cm³/mol. The molecule has 0 radical (unpaired) electrons. The van der Waals surface area contributed by atoms with Crippen molar-refractivity contribution in [2.24, 2.45) is 0 Å². The van der Waals surface area contributed by atoms with Crippen LogP contribution in [0.3, 0.4) is 0 Å². The second-order valence-electron chi connectivity index (χ2n) is 3.33. The number of hydrogen-bond donors (Lipinski definition) is 0. The lowest BCUT2D eigenvalue weighted by Gasteiger charge is -2.03. The molecule has 0 saturated carbocycles. The first kappa shape index (κ1) is 8.24. The third-order valence-electron chi connectivity index (χ3n) is 1.61. The van der Waals surface area contributed by atoms with Crippen molar-refractivity contribution in [3.05, 3.63) is 11.5 Å². The van der Waals surface area contributed by atoms with E-state index in [0.29, 0.717) is 11.8 Å². The topological polar surface area (TPSA) is 38.9 Å². The molecule has 1 aromatic heterocycles. The molecule has 1 heterocycles. The fraction of sp³-hybridized carbons (Fsp3) is 0.750. The van der Waals surface area contributed by atoms with Crippen molar-refractivity contribution < 1.29 is 4.52 Å². The van der Waals surface area contributed by atoms with E-state index in [9.17, 15) is 0 Å². The zero-order valence-corrected chi connectivity index (χ0v) is 7.46. The van der Waals surface area contributed by atoms with Crippen molar-refractivity contribution in [3.8, 4) is 0 Å². The highest BCUT2D eigenvalue weighted by atomic mass is 16.5. The molecule has 62 valence electrons. The van der Waals surface area contributed by atoms with Crippen LogP contribution >= 0.6 is 0 Å². The summed E-state index contributed by atoms with van der Waals surface area (Å²) in [5, 5.41) is 7.46. The van der Waals surface area contributed by atoms with Crippen molar-refractivity contribution in [2.45, 2.75) is 39.5 Å². The summed E-state index contributed by atoms with van der Waals surface area (Å²) in [7, 11) is 0. The Morgan fingerprint density at radius 3 is 2.09 bits per heavy atom. The highest BCUT2D eigenvalue weighted by molar-refractivity contribution is 5.12. The lowest BCUT2D eigenvalue weighted by atomic mass is 10.0. The molecule has 1 rings (SSSR count). The molecule has 0 aliphatic rings. The Hall–Kier alpha value is -0.860. The van der Waals surface area contributed by atoms with Crippen LogP contribution in [-0.4, -0.2) is 10.4 Å². The summed E-state index contributed by atoms with van der Waals surface area (Å²) in [6, 6.07) is 0. The van der Waals surface area contributed by atoms with Gasteiger partial charge in [-0.3, -0.25) is 0 Å². The van der Waals surface area contributed by atoms with Crippen molar-refractivity contribution in [1.29, 1.82) is 0 Å². The van der Waals surface area contributed by atoms with Gasteiger partial charge in [-0.2, -0.15) is 0 Å². The highest BCUT2D eigenvalue weighted by Gasteiger charge is 2.15. The molecule has 0 spiro atoms. The Bertz CT molecular complexity index is 205. The Morgan fingerprint density at radius 1 is 1.09 bits per heavy atom. The van der Waals surface area contributed by atoms with Crippen LogP contribution < -0.4 is 0 Å². The van der Waals surface area contributed by atoms with Crippen LogP contribution in [0.25, 0.3) is 0 Å². The van der Waals surface area contributed by atoms with Crippen molar-refractivity contribution in [1.82, 2.24) is 10.4 Å². The highest BCUT2D eigenvalue weighted by Crippen LogP contribution is 2.22. The van der Waals surface area contributed by atoms with E-state index in [1.165, 1.54) is 0 Å². The number of hydrogen-bond acceptors (Lipinski definition) is 3. The second kappa shape index (κ2) is 3.03. The minimum atomic E-state index is 0.377. The molecular formula is C8H14N2O. The van der Waals surface area contributed by atoms with E-state index >= 15 is 0 Å². The molecule has 0 atom stereocenters. The van der Waals surface area contributed by atoms with E-state index in [-0.39, 0.29) is 0 Å². The lowest BCUT2D eigenvalue weighted by Crippen LogP contribution is -1.95. The first-order chi connectivity index (χ1) is 5.13. The molecule has 0 fully saturated rings. The molecule has 0 aliphatic carbocycles. The van der Waals surface area contributed by atoms with Gasteiger partial charge in [-0.1, -0.05) is 27.7 Å². The number of aromatic nitrogens is 2. The molecular weight excluding hydrogens is 140 g/mol. The minimum absolute atomic E-state index is 0.377. The van der Waals surface area contributed by atoms with Crippen molar-refractivity contribution >= 4 is 0 Å². The third kappa shape index (κ3) is 1.59. The van der Waals surface area contributed by atoms with Crippen molar-refractivity contribution in [3.63, 3.8) is 0 Å². The van der Waals surface area contributed by atoms with Crippen LogP contribution in [0, 0.1) is 0 Å². The molecule has 3 nitrogen and oxygen atoms in total. The van der Waals surface area contributed by atoms with Crippen LogP contribution in [-0.2, 0) is 0 Å². The first-order valence-corrected chi connectivity index (χ1v) is 3.95. The monoisotopic (exact) mass is 154 g/mol. The average molecular weight is 154 g/mol. The molecule has 0 aliphatic heterocycles. The standard InChI is InChI=1S/C8H14N2O/c1-5(2)7-8(6(3)4)11-10-9-7/h5-6H,1-4H3. The fourth-order valence-corrected chi connectivity index (χ4v) is 1.01. The van der Waals surface area contributed by atoms with Gasteiger partial charge >= 0.3 is 0 Å². The van der Waals surface area contributed by atoms with Gasteiger partial charge in [-0.15, -0.1) is 5.10 Å². The van der Waals surface area contributed by atoms with Crippen LogP contribution in [0.4, 0.5) is 0 Å². The number of rotatable bonds is 2. The number of nitrogens with zero attached hydrogens (tertiary/aromatic N) is 2. The van der Waals surface area contributed by atoms with Gasteiger partial charge < -0.3 is 4.52 Å². The van der Waals surface area contributed by atoms with Crippen molar-refractivity contribution in [2.75, 3.05) is 0 Å². The zero-order chi connectivity index (χ0) is 8.43. The van der Waals surface area contributed by atoms with Gasteiger partial charge in [0.2, 0.25) is 0 Å². The van der Waals surface area contributed by atoms with Crippen LogP contribution in [0.2, 0.25) is 0 Å². The second-order valence-corrected chi connectivity index (χ2v) is 3.33. The normalized spacial score (nSPS) is 11.5. The van der Waals surface area contributed by atoms with Gasteiger partial charge in [0, 0.05) is 17.1 Å². The van der Waals surface area contributed by atoms with Crippen LogP contribution in [0.15, 0.2) is 4.52 Å². The van der Waals surface area contributed by atoms with Gasteiger partial charge in [-0.05, 0) is 0 Å². The van der Waals surface area contributed by atoms with Crippen LogP contribution in [0.5, 0.6) is 0 Å². The molecule has 11 heavy (non-hydrogen) atoms. The Labute approximate surface area is 66.8 Å². The first-order valence-electron chi connectivity index (χ1n) is 3.95. The predicted octanol–water partition coefficient (Wildman–Crippen LogP) is 2.32. The molecule has 0 saturated heterocycles. The minimum Gasteiger partial charge on any atom is -0.342 e. The molecule has 0 N–H and O–H groups in total. The Morgan fingerprint density at radius 2 is 1.73 bits per heavy atom. The SMILES string of the molecule is CC(C)c1nnoc1C(C)C. The van der Waals surface area contributed by atoms with E-state index in [1.807, 2.05) is 0 Å². The molecule has 0 unspecified atom stereocenters. The van der Waals surface area contributed by atoms with Gasteiger partial charge in [0.25, 0.3) is 0 Å². The maximum absolute atomic E-state index is 5.03. The van der Waals surface area contributed by atoms with Gasteiger partial charge in [0.1, 0.15) is 5.69 Å². The smallest absolute Gasteiger partial charge is 0.163 e. The summed E-state index contributed by atoms with van der Waals surface area (Å²) in [5.74, 6) is 1.70. The zero-order valence-electron chi connectivity index (χ0n) is 7.46. The largest absolute Gasteiger partial charge is 0.342 e. The van der Waals surface area contributed by atoms with E-state index in [0.717, 1.165) is 11.5 Å². The molecule has 0 bridgehead atoms. The lowest BCUT2D eigenvalue weighted by molar-refractivity contribution is 0.351. The summed E-state index contributed by atoms with van der Waals surface area (Å²) < 4.78 is 5.03. The summed E-state index contributed by atoms with van der Waals surface area (Å²) >= 11 is 0. The van der Waals surface area contributed by atoms with Crippen LogP contribution in [0.1, 0.15) is 51.0 Å². The maximum atomic E-state index is 5.03. The fourth-order valence-electron chi connectivity index (χ4n) is 1.01. The van der Waals surface area contributed by atoms with E-state index in [4.69, 9.17) is 4.52 Å². The van der Waals surface area contributed by atoms with Gasteiger partial charge in [0.05, 0.1) is 0 Å². The molecule has 0 amide bonds. The molecule has 3 heteroatoms. The summed E-state index contributed by atoms with van der Waals surface area (Å²) in [6.07, 6.45) is 0. The van der Waals surface area contributed by atoms with Gasteiger partial charge in [-0.25, -0.2) is 0 Å². The quantitative estimate of drug-likeness (QED) is 0.656. The Kier molecular flexibility index (Phi) is 2.27. The average Bonchev–Trinajstić information content (AvgIpc) is 2.32. The summed E-state index contributed by atoms with van der Waals surface area (Å²) in [5.41, 5.74) is 0.986.